The van der Waals surface area contributed by atoms with Crippen LogP contribution in [0.25, 0.3) is 0 Å². The molecule has 1 amide bonds. The third kappa shape index (κ3) is 9.06. The standard InChI is InChI=1S/C16H24F2NO8P.Na.H/c1-2-27-28(24,25)16(17,18)8-13(21)15(23)14(22)9-19(11-20)26-10-12-6-4-3-5-7-12;;/h3-7,11,13-15,21-23H,2,8-10H2,1H3,(H,24,25);;/q;+1;-1/t13-,14+,15-;;/m1../s1. The van der Waals surface area contributed by atoms with Crippen LogP contribution >= 0.6 is 7.60 Å². The smallest absolute Gasteiger partial charge is 1.00 e. The van der Waals surface area contributed by atoms with Gasteiger partial charge in [0, 0.05) is 0 Å². The van der Waals surface area contributed by atoms with E-state index in [-0.39, 0.29) is 44.0 Å². The molecule has 0 aromatic heterocycles. The summed E-state index contributed by atoms with van der Waals surface area (Å²) in [7, 11) is -5.37. The second-order valence-corrected chi connectivity index (χ2v) is 7.85. The first-order valence-corrected chi connectivity index (χ1v) is 9.90. The van der Waals surface area contributed by atoms with E-state index >= 15 is 0 Å². The monoisotopic (exact) mass is 451 g/mol. The maximum absolute atomic E-state index is 13.8. The maximum Gasteiger partial charge on any atom is 1.00 e. The zero-order valence-electron chi connectivity index (χ0n) is 17.1. The average molecular weight is 451 g/mol. The fourth-order valence-electron chi connectivity index (χ4n) is 2.16. The molecule has 0 saturated heterocycles. The molecule has 1 aromatic rings. The van der Waals surface area contributed by atoms with Crippen molar-refractivity contribution in [2.75, 3.05) is 13.2 Å². The molecule has 0 heterocycles. The molecule has 0 fully saturated rings. The zero-order valence-corrected chi connectivity index (χ0v) is 19.0. The van der Waals surface area contributed by atoms with Crippen LogP contribution in [-0.2, 0) is 25.3 Å². The van der Waals surface area contributed by atoms with E-state index in [1.807, 2.05) is 0 Å². The third-order valence-electron chi connectivity index (χ3n) is 3.69. The Hall–Kier alpha value is -0.460. The number of aliphatic hydroxyl groups is 3. The van der Waals surface area contributed by atoms with Gasteiger partial charge in [-0.15, -0.1) is 0 Å². The second kappa shape index (κ2) is 13.1. The van der Waals surface area contributed by atoms with Crippen LogP contribution in [0, 0.1) is 0 Å². The maximum atomic E-state index is 13.8. The quantitative estimate of drug-likeness (QED) is 0.117. The van der Waals surface area contributed by atoms with Gasteiger partial charge in [-0.05, 0) is 12.5 Å². The molecule has 0 aliphatic heterocycles. The largest absolute Gasteiger partial charge is 1.00 e. The third-order valence-corrected chi connectivity index (χ3v) is 5.30. The van der Waals surface area contributed by atoms with Crippen molar-refractivity contribution in [2.24, 2.45) is 0 Å². The first-order chi connectivity index (χ1) is 13.0. The molecule has 0 aliphatic rings. The molecule has 0 radical (unpaired) electrons. The van der Waals surface area contributed by atoms with Gasteiger partial charge >= 0.3 is 42.8 Å². The van der Waals surface area contributed by atoms with Gasteiger partial charge in [0.25, 0.3) is 0 Å². The molecule has 1 rings (SSSR count). The number of hydrogen-bond acceptors (Lipinski definition) is 7. The van der Waals surface area contributed by atoms with Gasteiger partial charge in [-0.3, -0.25) is 14.2 Å². The van der Waals surface area contributed by atoms with Crippen molar-refractivity contribution in [1.29, 1.82) is 0 Å². The molecule has 1 unspecified atom stereocenters. The number of aliphatic hydroxyl groups excluding tert-OH is 3. The average Bonchev–Trinajstić information content (AvgIpc) is 2.64. The van der Waals surface area contributed by atoms with Gasteiger partial charge < -0.3 is 26.2 Å². The number of benzene rings is 1. The molecule has 29 heavy (non-hydrogen) atoms. The molecule has 4 atom stereocenters. The molecule has 9 nitrogen and oxygen atoms in total. The van der Waals surface area contributed by atoms with Crippen molar-refractivity contribution < 1.29 is 78.7 Å². The Labute approximate surface area is 190 Å². The summed E-state index contributed by atoms with van der Waals surface area (Å²) in [6.07, 6.45) is -7.71. The fraction of sp³-hybridized carbons (Fsp3) is 0.562. The van der Waals surface area contributed by atoms with E-state index in [1.165, 1.54) is 6.92 Å². The Balaban J connectivity index is 0. The summed E-state index contributed by atoms with van der Waals surface area (Å²) in [5.41, 5.74) is -3.64. The number of rotatable bonds is 13. The van der Waals surface area contributed by atoms with Crippen LogP contribution in [0.4, 0.5) is 8.78 Å². The number of amides is 1. The van der Waals surface area contributed by atoms with Crippen molar-refractivity contribution in [3.63, 3.8) is 0 Å². The van der Waals surface area contributed by atoms with Crippen LogP contribution in [0.3, 0.4) is 0 Å². The van der Waals surface area contributed by atoms with E-state index in [9.17, 15) is 38.4 Å². The zero-order chi connectivity index (χ0) is 21.4. The van der Waals surface area contributed by atoms with Gasteiger partial charge in [0.15, 0.2) is 0 Å². The summed E-state index contributed by atoms with van der Waals surface area (Å²) in [5, 5.41) is 30.1. The van der Waals surface area contributed by atoms with E-state index in [2.05, 4.69) is 4.52 Å². The Morgan fingerprint density at radius 3 is 2.34 bits per heavy atom. The van der Waals surface area contributed by atoms with Gasteiger partial charge in [0.05, 0.1) is 25.7 Å². The summed E-state index contributed by atoms with van der Waals surface area (Å²) in [4.78, 5) is 25.4. The Bertz CT molecular complexity index is 663. The van der Waals surface area contributed by atoms with Crippen molar-refractivity contribution in [2.45, 2.75) is 43.9 Å². The molecule has 0 bridgehead atoms. The van der Waals surface area contributed by atoms with E-state index in [0.29, 0.717) is 10.6 Å². The summed E-state index contributed by atoms with van der Waals surface area (Å²) in [6, 6.07) is 8.68. The van der Waals surface area contributed by atoms with Gasteiger partial charge in [-0.2, -0.15) is 8.78 Å². The molecule has 13 heteroatoms. The fourth-order valence-corrected chi connectivity index (χ4v) is 3.12. The first kappa shape index (κ1) is 28.5. The van der Waals surface area contributed by atoms with Crippen LogP contribution in [0.2, 0.25) is 0 Å². The summed E-state index contributed by atoms with van der Waals surface area (Å²) >= 11 is 0. The summed E-state index contributed by atoms with van der Waals surface area (Å²) in [6.45, 7) is 0.0998. The van der Waals surface area contributed by atoms with E-state index < -0.39 is 51.1 Å². The number of nitrogens with zero attached hydrogens (tertiary/aromatic N) is 1. The normalized spacial score (nSPS) is 16.8. The second-order valence-electron chi connectivity index (χ2n) is 5.90. The SMILES string of the molecule is CCOP(=O)(O)C(F)(F)C[C@@H](O)[C@@H](O)[C@@H](O)CN(C=O)OCc1ccccc1.[H-].[Na+]. The Morgan fingerprint density at radius 2 is 1.83 bits per heavy atom. The van der Waals surface area contributed by atoms with Crippen molar-refractivity contribution in [1.82, 2.24) is 5.06 Å². The molecule has 0 saturated carbocycles. The van der Waals surface area contributed by atoms with Crippen LogP contribution in [0.15, 0.2) is 30.3 Å². The predicted molar refractivity (Wildman–Crippen MR) is 94.1 cm³/mol. The van der Waals surface area contributed by atoms with E-state index in [4.69, 9.17) is 4.84 Å². The number of alkyl halides is 2. The topological polar surface area (TPSA) is 137 Å². The van der Waals surface area contributed by atoms with Gasteiger partial charge in [0.2, 0.25) is 6.41 Å². The van der Waals surface area contributed by atoms with Crippen molar-refractivity contribution in [3.05, 3.63) is 35.9 Å². The van der Waals surface area contributed by atoms with Crippen molar-refractivity contribution >= 4 is 14.0 Å². The first-order valence-electron chi connectivity index (χ1n) is 8.32. The summed E-state index contributed by atoms with van der Waals surface area (Å²) < 4.78 is 43.2. The van der Waals surface area contributed by atoms with Gasteiger partial charge in [-0.1, -0.05) is 30.3 Å². The number of halogens is 2. The minimum absolute atomic E-state index is 0. The Kier molecular flexibility index (Phi) is 12.9. The van der Waals surface area contributed by atoms with Crippen LogP contribution in [0.5, 0.6) is 0 Å². The molecule has 0 aliphatic carbocycles. The summed E-state index contributed by atoms with van der Waals surface area (Å²) in [5.74, 6) is 0. The number of hydroxylamine groups is 2. The number of hydrogen-bond donors (Lipinski definition) is 4. The molecule has 4 N–H and O–H groups in total. The number of carbonyl (C=O) groups is 1. The van der Waals surface area contributed by atoms with Crippen LogP contribution in [0.1, 0.15) is 20.3 Å². The molecular formula is C16H25F2NNaO8P. The van der Waals surface area contributed by atoms with Gasteiger partial charge in [0.1, 0.15) is 18.8 Å². The Morgan fingerprint density at radius 1 is 1.24 bits per heavy atom. The predicted octanol–water partition coefficient (Wildman–Crippen LogP) is -2.02. The molecule has 162 valence electrons. The molecular weight excluding hydrogens is 426 g/mol. The van der Waals surface area contributed by atoms with Crippen LogP contribution < -0.4 is 29.6 Å². The van der Waals surface area contributed by atoms with E-state index in [0.717, 1.165) is 0 Å². The minimum atomic E-state index is -5.37. The van der Waals surface area contributed by atoms with Crippen LogP contribution in [-0.4, -0.2) is 68.8 Å². The molecule has 1 aromatic carbocycles. The number of carbonyl (C=O) groups excluding carboxylic acids is 1. The molecule has 0 spiro atoms. The minimum Gasteiger partial charge on any atom is -1.00 e. The van der Waals surface area contributed by atoms with E-state index in [1.54, 1.807) is 30.3 Å². The van der Waals surface area contributed by atoms with Gasteiger partial charge in [-0.25, -0.2) is 5.06 Å². The van der Waals surface area contributed by atoms with Crippen molar-refractivity contribution in [3.8, 4) is 0 Å².